The number of carboxylic acids is 3. The molecule has 0 saturated heterocycles. The maximum atomic E-state index is 10.3. The SMILES string of the molecule is O=C(O)C[CH]C(O)(CC(=O)O)CC(=O)O. The Hall–Kier alpha value is -1.63. The number of carboxylic acid groups (broad SMARTS) is 3. The summed E-state index contributed by atoms with van der Waals surface area (Å²) in [4.78, 5) is 30.8. The first-order valence-corrected chi connectivity index (χ1v) is 3.97. The molecule has 7 nitrogen and oxygen atoms in total. The van der Waals surface area contributed by atoms with Crippen molar-refractivity contribution in [2.75, 3.05) is 0 Å². The van der Waals surface area contributed by atoms with Gasteiger partial charge in [0.25, 0.3) is 0 Å². The van der Waals surface area contributed by atoms with Crippen molar-refractivity contribution < 1.29 is 34.8 Å². The highest BCUT2D eigenvalue weighted by Gasteiger charge is 2.33. The maximum absolute atomic E-state index is 10.3. The molecule has 0 spiro atoms. The fraction of sp³-hybridized carbons (Fsp3) is 0.500. The van der Waals surface area contributed by atoms with E-state index in [0.717, 1.165) is 6.42 Å². The largest absolute Gasteiger partial charge is 0.481 e. The average Bonchev–Trinajstić information content (AvgIpc) is 1.97. The molecule has 1 radical (unpaired) electrons. The van der Waals surface area contributed by atoms with Gasteiger partial charge in [-0.05, 0) is 0 Å². The number of hydrogen-bond acceptors (Lipinski definition) is 4. The highest BCUT2D eigenvalue weighted by Crippen LogP contribution is 2.21. The highest BCUT2D eigenvalue weighted by atomic mass is 16.4. The number of aliphatic hydroxyl groups is 1. The minimum Gasteiger partial charge on any atom is -0.481 e. The van der Waals surface area contributed by atoms with Crippen LogP contribution in [0.1, 0.15) is 19.3 Å². The van der Waals surface area contributed by atoms with Gasteiger partial charge in [0.1, 0.15) is 0 Å². The van der Waals surface area contributed by atoms with Gasteiger partial charge >= 0.3 is 17.9 Å². The van der Waals surface area contributed by atoms with Crippen molar-refractivity contribution in [1.29, 1.82) is 0 Å². The van der Waals surface area contributed by atoms with Gasteiger partial charge in [-0.2, -0.15) is 0 Å². The molecule has 0 fully saturated rings. The predicted octanol–water partition coefficient (Wildman–Crippen LogP) is -0.654. The molecule has 0 amide bonds. The fourth-order valence-corrected chi connectivity index (χ4v) is 1.01. The summed E-state index contributed by atoms with van der Waals surface area (Å²) >= 11 is 0. The Labute approximate surface area is 85.0 Å². The molecule has 0 aliphatic rings. The van der Waals surface area contributed by atoms with Crippen molar-refractivity contribution >= 4 is 17.9 Å². The molecule has 0 rings (SSSR count). The summed E-state index contributed by atoms with van der Waals surface area (Å²) in [5.41, 5.74) is -2.13. The Morgan fingerprint density at radius 3 is 1.60 bits per heavy atom. The lowest BCUT2D eigenvalue weighted by atomic mass is 9.90. The molecule has 0 saturated carbocycles. The minimum atomic E-state index is -2.13. The predicted molar refractivity (Wildman–Crippen MR) is 46.0 cm³/mol. The number of aliphatic carboxylic acids is 3. The summed E-state index contributed by atoms with van der Waals surface area (Å²) in [7, 11) is 0. The van der Waals surface area contributed by atoms with Crippen LogP contribution in [0.3, 0.4) is 0 Å². The van der Waals surface area contributed by atoms with Gasteiger partial charge < -0.3 is 20.4 Å². The van der Waals surface area contributed by atoms with Crippen molar-refractivity contribution in [3.8, 4) is 0 Å². The zero-order chi connectivity index (χ0) is 12.1. The lowest BCUT2D eigenvalue weighted by Gasteiger charge is -2.23. The van der Waals surface area contributed by atoms with Crippen molar-refractivity contribution in [3.05, 3.63) is 6.42 Å². The van der Waals surface area contributed by atoms with E-state index in [2.05, 4.69) is 0 Å². The second kappa shape index (κ2) is 5.30. The van der Waals surface area contributed by atoms with Gasteiger partial charge in [0, 0.05) is 6.42 Å². The monoisotopic (exact) mass is 219 g/mol. The van der Waals surface area contributed by atoms with Crippen LogP contribution in [0.2, 0.25) is 0 Å². The van der Waals surface area contributed by atoms with E-state index >= 15 is 0 Å². The van der Waals surface area contributed by atoms with Crippen LogP contribution < -0.4 is 0 Å². The smallest absolute Gasteiger partial charge is 0.306 e. The van der Waals surface area contributed by atoms with Crippen LogP contribution in [0.25, 0.3) is 0 Å². The average molecular weight is 219 g/mol. The summed E-state index contributed by atoms with van der Waals surface area (Å²) in [5, 5.41) is 34.6. The van der Waals surface area contributed by atoms with Crippen LogP contribution >= 0.6 is 0 Å². The van der Waals surface area contributed by atoms with Gasteiger partial charge in [-0.15, -0.1) is 0 Å². The summed E-state index contributed by atoms with van der Waals surface area (Å²) in [6, 6.07) is 0. The van der Waals surface area contributed by atoms with E-state index in [-0.39, 0.29) is 0 Å². The van der Waals surface area contributed by atoms with Gasteiger partial charge in [-0.25, -0.2) is 0 Å². The lowest BCUT2D eigenvalue weighted by Crippen LogP contribution is -2.35. The summed E-state index contributed by atoms with van der Waals surface area (Å²) in [6.45, 7) is 0. The summed E-state index contributed by atoms with van der Waals surface area (Å²) in [6.07, 6.45) is -1.51. The standard InChI is InChI=1S/C8H11O7/c9-5(10)1-2-8(15,3-6(11)12)4-7(13)14/h2,15H,1,3-4H2,(H,9,10)(H,11,12)(H,13,14). The topological polar surface area (TPSA) is 132 Å². The number of carbonyl (C=O) groups is 3. The van der Waals surface area contributed by atoms with Gasteiger partial charge in [0.05, 0.1) is 24.9 Å². The number of hydrogen-bond donors (Lipinski definition) is 4. The normalized spacial score (nSPS) is 11.0. The molecule has 0 aliphatic heterocycles. The molecule has 0 unspecified atom stereocenters. The molecule has 4 N–H and O–H groups in total. The van der Waals surface area contributed by atoms with E-state index < -0.39 is 42.8 Å². The van der Waals surface area contributed by atoms with E-state index in [4.69, 9.17) is 15.3 Å². The Balaban J connectivity index is 4.46. The summed E-state index contributed by atoms with van der Waals surface area (Å²) < 4.78 is 0. The third kappa shape index (κ3) is 6.44. The second-order valence-electron chi connectivity index (χ2n) is 3.05. The van der Waals surface area contributed by atoms with E-state index in [1.807, 2.05) is 0 Å². The Bertz CT molecular complexity index is 254. The zero-order valence-corrected chi connectivity index (χ0v) is 7.71. The molecule has 15 heavy (non-hydrogen) atoms. The third-order valence-electron chi connectivity index (χ3n) is 1.57. The number of rotatable bonds is 7. The van der Waals surface area contributed by atoms with E-state index in [9.17, 15) is 19.5 Å². The first kappa shape index (κ1) is 13.4. The van der Waals surface area contributed by atoms with Crippen LogP contribution in [0, 0.1) is 6.42 Å². The molecule has 85 valence electrons. The van der Waals surface area contributed by atoms with Gasteiger partial charge in [-0.3, -0.25) is 14.4 Å². The fourth-order valence-electron chi connectivity index (χ4n) is 1.01. The van der Waals surface area contributed by atoms with Crippen LogP contribution in [-0.2, 0) is 14.4 Å². The highest BCUT2D eigenvalue weighted by molar-refractivity contribution is 5.74. The Morgan fingerprint density at radius 2 is 1.33 bits per heavy atom. The Morgan fingerprint density at radius 1 is 0.933 bits per heavy atom. The molecular formula is C8H11O7. The maximum Gasteiger partial charge on any atom is 0.306 e. The van der Waals surface area contributed by atoms with E-state index in [1.54, 1.807) is 0 Å². The molecule has 0 aliphatic carbocycles. The van der Waals surface area contributed by atoms with Crippen LogP contribution in [0.4, 0.5) is 0 Å². The van der Waals surface area contributed by atoms with Crippen molar-refractivity contribution in [2.24, 2.45) is 0 Å². The Kier molecular flexibility index (Phi) is 4.72. The van der Waals surface area contributed by atoms with Crippen LogP contribution in [-0.4, -0.2) is 43.9 Å². The third-order valence-corrected chi connectivity index (χ3v) is 1.57. The zero-order valence-electron chi connectivity index (χ0n) is 7.71. The quantitative estimate of drug-likeness (QED) is 0.447. The van der Waals surface area contributed by atoms with Crippen molar-refractivity contribution in [2.45, 2.75) is 24.9 Å². The van der Waals surface area contributed by atoms with Gasteiger partial charge in [0.15, 0.2) is 0 Å². The minimum absolute atomic E-state index is 0.600. The molecule has 0 atom stereocenters. The molecule has 0 aromatic carbocycles. The van der Waals surface area contributed by atoms with Crippen LogP contribution in [0.15, 0.2) is 0 Å². The molecule has 0 bridgehead atoms. The van der Waals surface area contributed by atoms with E-state index in [1.165, 1.54) is 0 Å². The molecule has 0 aromatic rings. The first-order chi connectivity index (χ1) is 6.75. The second-order valence-corrected chi connectivity index (χ2v) is 3.05. The lowest BCUT2D eigenvalue weighted by molar-refractivity contribution is -0.148. The molecule has 0 aromatic heterocycles. The van der Waals surface area contributed by atoms with Crippen LogP contribution in [0.5, 0.6) is 0 Å². The summed E-state index contributed by atoms with van der Waals surface area (Å²) in [5.74, 6) is -4.08. The molecular weight excluding hydrogens is 208 g/mol. The van der Waals surface area contributed by atoms with Crippen molar-refractivity contribution in [1.82, 2.24) is 0 Å². The molecule has 0 heterocycles. The van der Waals surface area contributed by atoms with E-state index in [0.29, 0.717) is 0 Å². The first-order valence-electron chi connectivity index (χ1n) is 3.97. The van der Waals surface area contributed by atoms with Gasteiger partial charge in [0.2, 0.25) is 0 Å². The van der Waals surface area contributed by atoms with Crippen molar-refractivity contribution in [3.63, 3.8) is 0 Å². The van der Waals surface area contributed by atoms with Gasteiger partial charge in [-0.1, -0.05) is 0 Å². The molecule has 7 heteroatoms.